The van der Waals surface area contributed by atoms with Crippen molar-refractivity contribution in [3.05, 3.63) is 39.5 Å². The Morgan fingerprint density at radius 2 is 2.00 bits per heavy atom. The largest absolute Gasteiger partial charge is 0.347 e. The van der Waals surface area contributed by atoms with Gasteiger partial charge in [0, 0.05) is 4.90 Å². The second-order valence-electron chi connectivity index (χ2n) is 3.04. The molecule has 2 rings (SSSR count). The molecule has 1 aromatic carbocycles. The number of aromatic nitrogens is 3. The lowest BCUT2D eigenvalue weighted by molar-refractivity contribution is 0.252. The number of hydrogen-bond donors (Lipinski definition) is 2. The molecule has 2 aromatic rings. The van der Waals surface area contributed by atoms with E-state index in [0.717, 1.165) is 4.57 Å². The fourth-order valence-electron chi connectivity index (χ4n) is 1.37. The summed E-state index contributed by atoms with van der Waals surface area (Å²) in [5.74, 6) is -2.55. The Labute approximate surface area is 104 Å². The van der Waals surface area contributed by atoms with E-state index in [0.29, 0.717) is 22.3 Å². The van der Waals surface area contributed by atoms with Crippen LogP contribution >= 0.6 is 24.0 Å². The molecule has 8 heteroatoms. The van der Waals surface area contributed by atoms with E-state index in [9.17, 15) is 13.6 Å². The van der Waals surface area contributed by atoms with Crippen LogP contribution in [0.1, 0.15) is 0 Å². The molecule has 90 valence electrons. The van der Waals surface area contributed by atoms with Gasteiger partial charge in [-0.2, -0.15) is 8.78 Å². The van der Waals surface area contributed by atoms with Crippen molar-refractivity contribution >= 4 is 24.0 Å². The number of alkyl halides is 2. The lowest BCUT2D eigenvalue weighted by Gasteiger charge is -2.07. The van der Waals surface area contributed by atoms with Gasteiger partial charge in [-0.25, -0.2) is 14.5 Å². The zero-order chi connectivity index (χ0) is 12.4. The van der Waals surface area contributed by atoms with Crippen LogP contribution in [0.2, 0.25) is 0 Å². The molecule has 0 saturated carbocycles. The number of nitrogens with zero attached hydrogens (tertiary/aromatic N) is 1. The van der Waals surface area contributed by atoms with Crippen LogP contribution in [0.5, 0.6) is 0 Å². The quantitative estimate of drug-likeness (QED) is 0.668. The summed E-state index contributed by atoms with van der Waals surface area (Å²) in [5.41, 5.74) is -0.150. The van der Waals surface area contributed by atoms with Crippen LogP contribution in [-0.2, 0) is 0 Å². The van der Waals surface area contributed by atoms with Gasteiger partial charge in [-0.3, -0.25) is 5.10 Å². The number of aromatic amines is 2. The maximum atomic E-state index is 12.4. The molecule has 0 amide bonds. The summed E-state index contributed by atoms with van der Waals surface area (Å²) < 4.78 is 26.0. The smallest absolute Gasteiger partial charge is 0.272 e. The molecule has 4 nitrogen and oxygen atoms in total. The van der Waals surface area contributed by atoms with Gasteiger partial charge in [0.2, 0.25) is 4.77 Å². The zero-order valence-corrected chi connectivity index (χ0v) is 9.95. The highest BCUT2D eigenvalue weighted by atomic mass is 32.2. The molecular formula is C9H7F2N3OS2. The van der Waals surface area contributed by atoms with Crippen molar-refractivity contribution in [3.63, 3.8) is 0 Å². The van der Waals surface area contributed by atoms with Crippen LogP contribution in [0.3, 0.4) is 0 Å². The Morgan fingerprint density at radius 1 is 1.29 bits per heavy atom. The van der Waals surface area contributed by atoms with Crippen molar-refractivity contribution in [1.82, 2.24) is 14.8 Å². The lowest BCUT2D eigenvalue weighted by Crippen LogP contribution is -2.15. The van der Waals surface area contributed by atoms with E-state index in [1.54, 1.807) is 18.2 Å². The number of thioether (sulfide) groups is 1. The first kappa shape index (κ1) is 12.1. The molecule has 0 aliphatic rings. The third kappa shape index (κ3) is 2.47. The molecule has 0 fully saturated rings. The molecule has 0 spiro atoms. The normalized spacial score (nSPS) is 11.0. The van der Waals surface area contributed by atoms with Crippen molar-refractivity contribution in [2.45, 2.75) is 10.7 Å². The summed E-state index contributed by atoms with van der Waals surface area (Å²) in [7, 11) is 0. The van der Waals surface area contributed by atoms with E-state index >= 15 is 0 Å². The Morgan fingerprint density at radius 3 is 2.59 bits per heavy atom. The van der Waals surface area contributed by atoms with Gasteiger partial charge in [0.25, 0.3) is 5.76 Å². The summed E-state index contributed by atoms with van der Waals surface area (Å²) in [6.07, 6.45) is 0. The van der Waals surface area contributed by atoms with Gasteiger partial charge in [-0.05, 0) is 24.4 Å². The summed E-state index contributed by atoms with van der Waals surface area (Å²) in [4.78, 5) is 11.8. The van der Waals surface area contributed by atoms with Crippen LogP contribution in [0.25, 0.3) is 5.69 Å². The minimum Gasteiger partial charge on any atom is -0.272 e. The first-order valence-electron chi connectivity index (χ1n) is 4.53. The van der Waals surface area contributed by atoms with Gasteiger partial charge < -0.3 is 0 Å². The lowest BCUT2D eigenvalue weighted by atomic mass is 10.3. The number of para-hydroxylation sites is 1. The molecule has 0 bridgehead atoms. The van der Waals surface area contributed by atoms with E-state index in [-0.39, 0.29) is 4.77 Å². The summed E-state index contributed by atoms with van der Waals surface area (Å²) in [6, 6.07) is 6.35. The van der Waals surface area contributed by atoms with Crippen molar-refractivity contribution < 1.29 is 8.78 Å². The number of rotatable bonds is 3. The Bertz CT molecular complexity index is 604. The van der Waals surface area contributed by atoms with E-state index in [4.69, 9.17) is 12.2 Å². The molecule has 2 N–H and O–H groups in total. The van der Waals surface area contributed by atoms with Gasteiger partial charge in [-0.1, -0.05) is 23.9 Å². The molecule has 0 atom stereocenters. The monoisotopic (exact) mass is 275 g/mol. The molecule has 17 heavy (non-hydrogen) atoms. The second-order valence-corrected chi connectivity index (χ2v) is 4.46. The van der Waals surface area contributed by atoms with Crippen molar-refractivity contribution in [1.29, 1.82) is 0 Å². The number of hydrogen-bond acceptors (Lipinski definition) is 3. The van der Waals surface area contributed by atoms with Gasteiger partial charge >= 0.3 is 5.69 Å². The SMILES string of the molecule is O=c1[nH][nH]c(=S)n1-c1ccccc1SC(F)F. The van der Waals surface area contributed by atoms with Crippen LogP contribution < -0.4 is 5.69 Å². The van der Waals surface area contributed by atoms with E-state index in [2.05, 4.69) is 10.2 Å². The molecule has 0 aliphatic heterocycles. The molecule has 0 unspecified atom stereocenters. The van der Waals surface area contributed by atoms with Crippen LogP contribution in [0.4, 0.5) is 8.78 Å². The number of H-pyrrole nitrogens is 2. The predicted octanol–water partition coefficient (Wildman–Crippen LogP) is 2.54. The second kappa shape index (κ2) is 4.84. The molecular weight excluding hydrogens is 268 g/mol. The fraction of sp³-hybridized carbons (Fsp3) is 0.111. The topological polar surface area (TPSA) is 53.6 Å². The maximum Gasteiger partial charge on any atom is 0.347 e. The van der Waals surface area contributed by atoms with E-state index in [1.807, 2.05) is 0 Å². The Hall–Kier alpha value is -1.41. The minimum atomic E-state index is -2.55. The highest BCUT2D eigenvalue weighted by molar-refractivity contribution is 7.99. The van der Waals surface area contributed by atoms with Gasteiger partial charge in [0.05, 0.1) is 5.69 Å². The number of nitrogens with one attached hydrogen (secondary N) is 2. The van der Waals surface area contributed by atoms with E-state index in [1.165, 1.54) is 6.07 Å². The average molecular weight is 275 g/mol. The predicted molar refractivity (Wildman–Crippen MR) is 63.4 cm³/mol. The number of halogens is 2. The third-order valence-electron chi connectivity index (χ3n) is 2.00. The van der Waals surface area contributed by atoms with Gasteiger partial charge in [0.15, 0.2) is 0 Å². The summed E-state index contributed by atoms with van der Waals surface area (Å²) in [6.45, 7) is 0. The minimum absolute atomic E-state index is 0.136. The van der Waals surface area contributed by atoms with E-state index < -0.39 is 11.4 Å². The molecule has 0 aliphatic carbocycles. The third-order valence-corrected chi connectivity index (χ3v) is 3.07. The highest BCUT2D eigenvalue weighted by Gasteiger charge is 2.13. The van der Waals surface area contributed by atoms with Gasteiger partial charge in [-0.15, -0.1) is 0 Å². The van der Waals surface area contributed by atoms with Gasteiger partial charge in [0.1, 0.15) is 0 Å². The zero-order valence-electron chi connectivity index (χ0n) is 8.31. The first-order valence-corrected chi connectivity index (χ1v) is 5.82. The molecule has 0 saturated heterocycles. The fourth-order valence-corrected chi connectivity index (χ4v) is 2.23. The summed E-state index contributed by atoms with van der Waals surface area (Å²) >= 11 is 5.28. The van der Waals surface area contributed by atoms with Crippen LogP contribution in [0, 0.1) is 4.77 Å². The van der Waals surface area contributed by atoms with Crippen molar-refractivity contribution in [2.75, 3.05) is 0 Å². The number of benzene rings is 1. The standard InChI is InChI=1S/C9H7F2N3OS2/c10-7(11)17-6-4-2-1-3-5(6)14-8(15)12-13-9(14)16/h1-4,7H,(H,12,15)(H,13,16). The highest BCUT2D eigenvalue weighted by Crippen LogP contribution is 2.29. The van der Waals surface area contributed by atoms with Crippen LogP contribution in [-0.4, -0.2) is 20.5 Å². The van der Waals surface area contributed by atoms with Crippen molar-refractivity contribution in [3.8, 4) is 5.69 Å². The average Bonchev–Trinajstić information content (AvgIpc) is 2.59. The van der Waals surface area contributed by atoms with Crippen molar-refractivity contribution in [2.24, 2.45) is 0 Å². The molecule has 1 aromatic heterocycles. The molecule has 0 radical (unpaired) electrons. The summed E-state index contributed by atoms with van der Waals surface area (Å²) in [5, 5.41) is 4.76. The molecule has 1 heterocycles. The Kier molecular flexibility index (Phi) is 3.43. The Balaban J connectivity index is 2.60. The first-order chi connectivity index (χ1) is 8.09. The van der Waals surface area contributed by atoms with Crippen LogP contribution in [0.15, 0.2) is 34.0 Å². The maximum absolute atomic E-state index is 12.4.